The molecule has 43 heavy (non-hydrogen) atoms. The maximum absolute atomic E-state index is 13.4. The Morgan fingerprint density at radius 2 is 1.88 bits per heavy atom. The first-order valence-electron chi connectivity index (χ1n) is 14.8. The molecule has 3 aliphatic rings. The van der Waals surface area contributed by atoms with E-state index >= 15 is 0 Å². The second kappa shape index (κ2) is 12.1. The minimum absolute atomic E-state index is 0.0232. The fourth-order valence-electron chi connectivity index (χ4n) is 6.43. The maximum atomic E-state index is 13.4. The number of carbonyl (C=O) groups is 2. The second-order valence-electron chi connectivity index (χ2n) is 11.8. The largest absolute Gasteiger partial charge is 0.364 e. The van der Waals surface area contributed by atoms with E-state index in [1.165, 1.54) is 0 Å². The van der Waals surface area contributed by atoms with Crippen LogP contribution in [-0.2, 0) is 9.59 Å². The number of alkyl halides is 3. The SMILES string of the molecule is CC(C(=O)N1CCN(C)CC1)n1cc(Nc2nc3c(N4CC5CCCC(C4)N5C(=O)CCC(F)(F)I)cccn3n2)cn1. The number of aromatic nitrogens is 5. The highest BCUT2D eigenvalue weighted by molar-refractivity contribution is 14.1. The molecule has 3 aromatic rings. The molecule has 0 aliphatic carbocycles. The average Bonchev–Trinajstić information content (AvgIpc) is 3.61. The highest BCUT2D eigenvalue weighted by Crippen LogP contribution is 2.35. The van der Waals surface area contributed by atoms with Crippen molar-refractivity contribution in [1.82, 2.24) is 39.1 Å². The van der Waals surface area contributed by atoms with E-state index in [0.29, 0.717) is 43.5 Å². The van der Waals surface area contributed by atoms with E-state index in [1.807, 2.05) is 35.1 Å². The first-order chi connectivity index (χ1) is 20.6. The maximum Gasteiger partial charge on any atom is 0.297 e. The van der Waals surface area contributed by atoms with Crippen LogP contribution in [0.25, 0.3) is 5.65 Å². The van der Waals surface area contributed by atoms with E-state index < -0.39 is 16.4 Å². The zero-order chi connectivity index (χ0) is 30.3. The summed E-state index contributed by atoms with van der Waals surface area (Å²) < 4.78 is 27.4. The van der Waals surface area contributed by atoms with Gasteiger partial charge in [-0.2, -0.15) is 18.9 Å². The van der Waals surface area contributed by atoms with E-state index in [-0.39, 0.29) is 30.3 Å². The van der Waals surface area contributed by atoms with Gasteiger partial charge < -0.3 is 24.9 Å². The number of anilines is 3. The third kappa shape index (κ3) is 6.56. The van der Waals surface area contributed by atoms with Gasteiger partial charge in [0.2, 0.25) is 17.8 Å². The molecule has 2 bridgehead atoms. The number of fused-ring (bicyclic) bond motifs is 3. The molecule has 3 aliphatic heterocycles. The molecule has 3 fully saturated rings. The fourth-order valence-corrected chi connectivity index (χ4v) is 6.70. The normalized spacial score (nSPS) is 22.2. The number of rotatable bonds is 8. The van der Waals surface area contributed by atoms with Gasteiger partial charge in [-0.05, 0) is 68.0 Å². The highest BCUT2D eigenvalue weighted by atomic mass is 127. The number of halogens is 3. The lowest BCUT2D eigenvalue weighted by Crippen LogP contribution is -2.62. The van der Waals surface area contributed by atoms with Crippen LogP contribution in [0.2, 0.25) is 0 Å². The van der Waals surface area contributed by atoms with Gasteiger partial charge >= 0.3 is 0 Å². The van der Waals surface area contributed by atoms with Crippen LogP contribution >= 0.6 is 22.6 Å². The molecule has 3 atom stereocenters. The zero-order valence-electron chi connectivity index (χ0n) is 24.4. The molecule has 12 nitrogen and oxygen atoms in total. The summed E-state index contributed by atoms with van der Waals surface area (Å²) in [6.07, 6.45) is 7.42. The average molecular weight is 711 g/mol. The standard InChI is InChI=1S/C28H37F2IN10O2/c1-19(26(43)37-13-11-36(2)12-14-37)40-16-20(15-32-40)33-27-34-25-23(7-4-10-39(25)35-27)38-17-21-5-3-6-22(18-38)41(21)24(42)8-9-28(29,30)31/h4,7,10,15-16,19,21-22H,3,5-6,8-9,11-14,17-18H2,1-2H3,(H,33,35). The van der Waals surface area contributed by atoms with Gasteiger partial charge in [-0.15, -0.1) is 5.10 Å². The quantitative estimate of drug-likeness (QED) is 0.281. The molecule has 0 aromatic carbocycles. The summed E-state index contributed by atoms with van der Waals surface area (Å²) in [6, 6.07) is 3.44. The molecule has 6 heterocycles. The number of likely N-dealkylation sites (N-methyl/N-ethyl adjacent to an activating group) is 1. The summed E-state index contributed by atoms with van der Waals surface area (Å²) in [7, 11) is 2.06. The molecule has 2 amide bonds. The molecular formula is C28H37F2IN10O2. The van der Waals surface area contributed by atoms with Crippen LogP contribution in [0.15, 0.2) is 30.7 Å². The third-order valence-electron chi connectivity index (χ3n) is 8.74. The minimum atomic E-state index is -2.88. The van der Waals surface area contributed by atoms with Crippen LogP contribution in [0.3, 0.4) is 0 Å². The number of nitrogens with one attached hydrogen (secondary N) is 1. The smallest absolute Gasteiger partial charge is 0.297 e. The molecule has 15 heteroatoms. The van der Waals surface area contributed by atoms with E-state index in [1.54, 1.807) is 21.6 Å². The monoisotopic (exact) mass is 710 g/mol. The fraction of sp³-hybridized carbons (Fsp3) is 0.607. The van der Waals surface area contributed by atoms with Gasteiger partial charge in [0.05, 0.1) is 17.6 Å². The lowest BCUT2D eigenvalue weighted by Gasteiger charge is -2.51. The molecule has 0 spiro atoms. The molecule has 0 radical (unpaired) electrons. The van der Waals surface area contributed by atoms with Crippen molar-refractivity contribution < 1.29 is 18.4 Å². The number of hydrogen-bond acceptors (Lipinski definition) is 8. The van der Waals surface area contributed by atoms with Crippen LogP contribution in [0.1, 0.15) is 45.1 Å². The summed E-state index contributed by atoms with van der Waals surface area (Å²) in [5.41, 5.74) is 2.26. The molecule has 0 saturated carbocycles. The Morgan fingerprint density at radius 1 is 1.16 bits per heavy atom. The summed E-state index contributed by atoms with van der Waals surface area (Å²) in [4.78, 5) is 39.0. The van der Waals surface area contributed by atoms with Crippen molar-refractivity contribution in [2.24, 2.45) is 0 Å². The Morgan fingerprint density at radius 3 is 2.58 bits per heavy atom. The molecule has 1 N–H and O–H groups in total. The second-order valence-corrected chi connectivity index (χ2v) is 13.4. The summed E-state index contributed by atoms with van der Waals surface area (Å²) in [5, 5.41) is 12.3. The van der Waals surface area contributed by atoms with Gasteiger partial charge in [-0.1, -0.05) is 0 Å². The van der Waals surface area contributed by atoms with Gasteiger partial charge in [0.25, 0.3) is 3.93 Å². The van der Waals surface area contributed by atoms with E-state index in [4.69, 9.17) is 4.98 Å². The predicted octanol–water partition coefficient (Wildman–Crippen LogP) is 3.38. The van der Waals surface area contributed by atoms with Crippen molar-refractivity contribution in [3.63, 3.8) is 0 Å². The number of hydrogen-bond donors (Lipinski definition) is 1. The van der Waals surface area contributed by atoms with Crippen molar-refractivity contribution in [2.75, 3.05) is 56.5 Å². The Bertz CT molecular complexity index is 1450. The van der Waals surface area contributed by atoms with Crippen LogP contribution in [-0.4, -0.2) is 113 Å². The highest BCUT2D eigenvalue weighted by Gasteiger charge is 2.41. The van der Waals surface area contributed by atoms with Gasteiger partial charge in [-0.25, -0.2) is 4.52 Å². The van der Waals surface area contributed by atoms with Gasteiger partial charge in [0.1, 0.15) is 6.04 Å². The zero-order valence-corrected chi connectivity index (χ0v) is 26.5. The molecule has 3 aromatic heterocycles. The van der Waals surface area contributed by atoms with Crippen molar-refractivity contribution in [3.8, 4) is 0 Å². The molecule has 232 valence electrons. The van der Waals surface area contributed by atoms with Crippen molar-refractivity contribution in [3.05, 3.63) is 30.7 Å². The van der Waals surface area contributed by atoms with Crippen molar-refractivity contribution in [1.29, 1.82) is 0 Å². The van der Waals surface area contributed by atoms with Crippen LogP contribution in [0, 0.1) is 0 Å². The van der Waals surface area contributed by atoms with Crippen LogP contribution in [0.4, 0.5) is 26.1 Å². The number of piperazine rings is 2. The third-order valence-corrected chi connectivity index (χ3v) is 9.28. The lowest BCUT2D eigenvalue weighted by molar-refractivity contribution is -0.140. The van der Waals surface area contributed by atoms with Crippen molar-refractivity contribution >= 4 is 57.4 Å². The number of piperidine rings is 1. The predicted molar refractivity (Wildman–Crippen MR) is 166 cm³/mol. The molecule has 3 saturated heterocycles. The Balaban J connectivity index is 1.14. The molecule has 6 rings (SSSR count). The Labute approximate surface area is 262 Å². The van der Waals surface area contributed by atoms with Gasteiger partial charge in [0.15, 0.2) is 5.65 Å². The first-order valence-corrected chi connectivity index (χ1v) is 15.9. The number of amides is 2. The van der Waals surface area contributed by atoms with Gasteiger partial charge in [-0.3, -0.25) is 14.3 Å². The lowest BCUT2D eigenvalue weighted by atomic mass is 9.90. The Hall–Kier alpha value is -3.08. The minimum Gasteiger partial charge on any atom is -0.364 e. The van der Waals surface area contributed by atoms with E-state index in [0.717, 1.165) is 60.6 Å². The van der Waals surface area contributed by atoms with Gasteiger partial charge in [0, 0.05) is 76.6 Å². The number of pyridine rings is 1. The topological polar surface area (TPSA) is 107 Å². The van der Waals surface area contributed by atoms with Crippen molar-refractivity contribution in [2.45, 2.75) is 61.1 Å². The number of nitrogens with zero attached hydrogens (tertiary/aromatic N) is 9. The van der Waals surface area contributed by atoms with E-state index in [9.17, 15) is 18.4 Å². The molecule has 3 unspecified atom stereocenters. The first kappa shape index (κ1) is 30.0. The van der Waals surface area contributed by atoms with Crippen LogP contribution < -0.4 is 10.2 Å². The molecular weight excluding hydrogens is 673 g/mol. The number of carbonyl (C=O) groups excluding carboxylic acids is 2. The Kier molecular flexibility index (Phi) is 8.45. The summed E-state index contributed by atoms with van der Waals surface area (Å²) >= 11 is 1.10. The summed E-state index contributed by atoms with van der Waals surface area (Å²) in [5.74, 6) is 0.268. The van der Waals surface area contributed by atoms with E-state index in [2.05, 4.69) is 32.4 Å². The van der Waals surface area contributed by atoms with Crippen LogP contribution in [0.5, 0.6) is 0 Å². The summed E-state index contributed by atoms with van der Waals surface area (Å²) in [6.45, 7) is 6.24.